The van der Waals surface area contributed by atoms with E-state index in [9.17, 15) is 14.4 Å². The third-order valence-corrected chi connectivity index (χ3v) is 2.85. The van der Waals surface area contributed by atoms with Crippen LogP contribution in [0.3, 0.4) is 0 Å². The molecular weight excluding hydrogens is 248 g/mol. The molecule has 1 fully saturated rings. The highest BCUT2D eigenvalue weighted by molar-refractivity contribution is 5.82. The normalized spacial score (nSPS) is 19.1. The molecule has 0 aromatic rings. The van der Waals surface area contributed by atoms with Crippen molar-refractivity contribution in [3.63, 3.8) is 0 Å². The van der Waals surface area contributed by atoms with Crippen LogP contribution in [0, 0.1) is 5.92 Å². The fourth-order valence-corrected chi connectivity index (χ4v) is 1.96. The summed E-state index contributed by atoms with van der Waals surface area (Å²) in [5.74, 6) is 0.113. The van der Waals surface area contributed by atoms with Crippen molar-refractivity contribution in [2.75, 3.05) is 19.6 Å². The summed E-state index contributed by atoms with van der Waals surface area (Å²) in [6.07, 6.45) is 1.63. The maximum atomic E-state index is 11.8. The zero-order valence-electron chi connectivity index (χ0n) is 11.8. The Morgan fingerprint density at radius 2 is 2.11 bits per heavy atom. The minimum Gasteiger partial charge on any atom is -0.444 e. The third-order valence-electron chi connectivity index (χ3n) is 2.85. The van der Waals surface area contributed by atoms with Gasteiger partial charge in [-0.15, -0.1) is 0 Å². The van der Waals surface area contributed by atoms with Crippen molar-refractivity contribution < 1.29 is 19.1 Å². The van der Waals surface area contributed by atoms with Crippen LogP contribution in [-0.4, -0.2) is 48.4 Å². The number of hydrogen-bond acceptors (Lipinski definition) is 4. The molecule has 2 amide bonds. The summed E-state index contributed by atoms with van der Waals surface area (Å²) >= 11 is 0. The quantitative estimate of drug-likeness (QED) is 0.772. The predicted molar refractivity (Wildman–Crippen MR) is 69.6 cm³/mol. The van der Waals surface area contributed by atoms with Crippen LogP contribution in [0.5, 0.6) is 0 Å². The van der Waals surface area contributed by atoms with Gasteiger partial charge in [-0.25, -0.2) is 4.79 Å². The Morgan fingerprint density at radius 3 is 2.68 bits per heavy atom. The molecule has 0 aromatic heterocycles. The minimum absolute atomic E-state index is 0.0667. The molecule has 1 saturated heterocycles. The van der Waals surface area contributed by atoms with Crippen molar-refractivity contribution in [2.45, 2.75) is 39.2 Å². The van der Waals surface area contributed by atoms with Gasteiger partial charge >= 0.3 is 6.09 Å². The van der Waals surface area contributed by atoms with Crippen LogP contribution in [0.15, 0.2) is 0 Å². The molecule has 0 aromatic carbocycles. The Morgan fingerprint density at radius 1 is 1.42 bits per heavy atom. The van der Waals surface area contributed by atoms with Crippen LogP contribution < -0.4 is 5.32 Å². The smallest absolute Gasteiger partial charge is 0.408 e. The number of carbonyl (C=O) groups is 3. The Bertz CT molecular complexity index is 349. The molecule has 0 unspecified atom stereocenters. The molecule has 0 aliphatic carbocycles. The van der Waals surface area contributed by atoms with Gasteiger partial charge in [-0.1, -0.05) is 0 Å². The minimum atomic E-state index is -0.593. The molecular formula is C13H22N2O4. The topological polar surface area (TPSA) is 75.7 Å². The highest BCUT2D eigenvalue weighted by Crippen LogP contribution is 2.18. The molecule has 108 valence electrons. The standard InChI is InChI=1S/C13H22N2O4/c1-13(2,3)19-12(18)14-8-11(17)15-6-4-10(9-15)5-7-16/h7,10H,4-6,8-9H2,1-3H3,(H,14,18)/t10-/m1/s1. The van der Waals surface area contributed by atoms with Gasteiger partial charge in [0.15, 0.2) is 0 Å². The maximum Gasteiger partial charge on any atom is 0.408 e. The van der Waals surface area contributed by atoms with E-state index in [0.717, 1.165) is 12.7 Å². The van der Waals surface area contributed by atoms with Crippen LogP contribution in [0.4, 0.5) is 4.79 Å². The molecule has 1 aliphatic heterocycles. The summed E-state index contributed by atoms with van der Waals surface area (Å²) in [5, 5.41) is 2.44. The lowest BCUT2D eigenvalue weighted by Gasteiger charge is -2.21. The van der Waals surface area contributed by atoms with Gasteiger partial charge in [-0.2, -0.15) is 0 Å². The van der Waals surface area contributed by atoms with Gasteiger partial charge in [-0.05, 0) is 33.1 Å². The van der Waals surface area contributed by atoms with Crippen molar-refractivity contribution >= 4 is 18.3 Å². The number of hydrogen-bond donors (Lipinski definition) is 1. The molecule has 6 heteroatoms. The summed E-state index contributed by atoms with van der Waals surface area (Å²) < 4.78 is 5.04. The number of carbonyl (C=O) groups excluding carboxylic acids is 3. The van der Waals surface area contributed by atoms with E-state index in [-0.39, 0.29) is 18.4 Å². The van der Waals surface area contributed by atoms with E-state index < -0.39 is 11.7 Å². The average Bonchev–Trinajstić information content (AvgIpc) is 2.73. The first-order chi connectivity index (χ1) is 8.81. The van der Waals surface area contributed by atoms with Gasteiger partial charge in [0.2, 0.25) is 5.91 Å². The van der Waals surface area contributed by atoms with Gasteiger partial charge in [0, 0.05) is 19.5 Å². The van der Waals surface area contributed by atoms with Crippen molar-refractivity contribution in [3.05, 3.63) is 0 Å². The lowest BCUT2D eigenvalue weighted by Crippen LogP contribution is -2.41. The zero-order valence-corrected chi connectivity index (χ0v) is 11.8. The lowest BCUT2D eigenvalue weighted by molar-refractivity contribution is -0.129. The predicted octanol–water partition coefficient (Wildman–Crippen LogP) is 0.949. The van der Waals surface area contributed by atoms with E-state index in [0.29, 0.717) is 19.5 Å². The Labute approximate surface area is 113 Å². The number of alkyl carbamates (subject to hydrolysis) is 1. The van der Waals surface area contributed by atoms with Gasteiger partial charge in [0.25, 0.3) is 0 Å². The second-order valence-electron chi connectivity index (χ2n) is 5.75. The molecule has 0 saturated carbocycles. The molecule has 0 radical (unpaired) electrons. The van der Waals surface area contributed by atoms with E-state index in [1.807, 2.05) is 0 Å². The number of nitrogens with zero attached hydrogens (tertiary/aromatic N) is 1. The Kier molecular flexibility index (Phi) is 5.32. The van der Waals surface area contributed by atoms with Crippen molar-refractivity contribution in [3.8, 4) is 0 Å². The SMILES string of the molecule is CC(C)(C)OC(=O)NCC(=O)N1CC[C@H](CC=O)C1. The molecule has 1 aliphatic rings. The molecule has 0 spiro atoms. The second-order valence-corrected chi connectivity index (χ2v) is 5.75. The van der Waals surface area contributed by atoms with E-state index in [4.69, 9.17) is 4.74 Å². The monoisotopic (exact) mass is 270 g/mol. The van der Waals surface area contributed by atoms with Crippen LogP contribution in [0.25, 0.3) is 0 Å². The summed E-state index contributed by atoms with van der Waals surface area (Å²) in [7, 11) is 0. The maximum absolute atomic E-state index is 11.8. The second kappa shape index (κ2) is 6.54. The number of likely N-dealkylation sites (tertiary alicyclic amines) is 1. The van der Waals surface area contributed by atoms with Gasteiger partial charge in [0.1, 0.15) is 18.4 Å². The summed E-state index contributed by atoms with van der Waals surface area (Å²) in [4.78, 5) is 35.3. The van der Waals surface area contributed by atoms with Crippen molar-refractivity contribution in [1.82, 2.24) is 10.2 Å². The molecule has 0 bridgehead atoms. The van der Waals surface area contributed by atoms with E-state index in [1.54, 1.807) is 25.7 Å². The van der Waals surface area contributed by atoms with Crippen molar-refractivity contribution in [2.24, 2.45) is 5.92 Å². The number of ether oxygens (including phenoxy) is 1. The first-order valence-electron chi connectivity index (χ1n) is 6.50. The van der Waals surface area contributed by atoms with E-state index in [1.165, 1.54) is 0 Å². The number of aldehydes is 1. The summed E-state index contributed by atoms with van der Waals surface area (Å²) in [5.41, 5.74) is -0.574. The summed E-state index contributed by atoms with van der Waals surface area (Å²) in [6, 6.07) is 0. The largest absolute Gasteiger partial charge is 0.444 e. The number of amides is 2. The van der Waals surface area contributed by atoms with Crippen LogP contribution >= 0.6 is 0 Å². The lowest BCUT2D eigenvalue weighted by atomic mass is 10.1. The fourth-order valence-electron chi connectivity index (χ4n) is 1.96. The van der Waals surface area contributed by atoms with Gasteiger partial charge < -0.3 is 19.7 Å². The van der Waals surface area contributed by atoms with E-state index >= 15 is 0 Å². The van der Waals surface area contributed by atoms with Crippen LogP contribution in [-0.2, 0) is 14.3 Å². The first-order valence-corrected chi connectivity index (χ1v) is 6.50. The van der Waals surface area contributed by atoms with Crippen LogP contribution in [0.2, 0.25) is 0 Å². The highest BCUT2D eigenvalue weighted by Gasteiger charge is 2.26. The fraction of sp³-hybridized carbons (Fsp3) is 0.769. The molecule has 1 rings (SSSR count). The van der Waals surface area contributed by atoms with Crippen molar-refractivity contribution in [1.29, 1.82) is 0 Å². The van der Waals surface area contributed by atoms with Gasteiger partial charge in [-0.3, -0.25) is 4.79 Å². The highest BCUT2D eigenvalue weighted by atomic mass is 16.6. The zero-order chi connectivity index (χ0) is 14.5. The Hall–Kier alpha value is -1.59. The molecule has 1 N–H and O–H groups in total. The van der Waals surface area contributed by atoms with Gasteiger partial charge in [0.05, 0.1) is 0 Å². The van der Waals surface area contributed by atoms with Crippen LogP contribution in [0.1, 0.15) is 33.6 Å². The molecule has 1 heterocycles. The molecule has 1 atom stereocenters. The first kappa shape index (κ1) is 15.5. The number of rotatable bonds is 4. The average molecular weight is 270 g/mol. The molecule has 19 heavy (non-hydrogen) atoms. The Balaban J connectivity index is 2.29. The number of nitrogens with one attached hydrogen (secondary N) is 1. The third kappa shape index (κ3) is 5.72. The molecule has 6 nitrogen and oxygen atoms in total. The summed E-state index contributed by atoms with van der Waals surface area (Å²) in [6.45, 7) is 6.46. The van der Waals surface area contributed by atoms with E-state index in [2.05, 4.69) is 5.32 Å².